The molecule has 6 nitrogen and oxygen atoms in total. The van der Waals surface area contributed by atoms with Crippen LogP contribution in [0.25, 0.3) is 0 Å². The molecule has 1 unspecified atom stereocenters. The van der Waals surface area contributed by atoms with Crippen LogP contribution in [0.2, 0.25) is 0 Å². The molecule has 1 aromatic rings. The van der Waals surface area contributed by atoms with E-state index in [-0.39, 0.29) is 36.8 Å². The zero-order valence-electron chi connectivity index (χ0n) is 14.4. The molecule has 1 aromatic heterocycles. The van der Waals surface area contributed by atoms with Crippen molar-refractivity contribution >= 4 is 36.7 Å². The zero-order valence-corrected chi connectivity index (χ0v) is 16.0. The number of piperidine rings is 1. The molecule has 2 heterocycles. The lowest BCUT2D eigenvalue weighted by molar-refractivity contribution is -0.131. The van der Waals surface area contributed by atoms with Crippen LogP contribution < -0.4 is 16.0 Å². The maximum Gasteiger partial charge on any atom is 0.227 e. The van der Waals surface area contributed by atoms with Crippen molar-refractivity contribution in [2.45, 2.75) is 45.6 Å². The number of halogens is 2. The summed E-state index contributed by atoms with van der Waals surface area (Å²) in [6.07, 6.45) is 7.05. The maximum atomic E-state index is 12.6. The van der Waals surface area contributed by atoms with Crippen LogP contribution in [-0.4, -0.2) is 41.6 Å². The Bertz CT molecular complexity index is 476. The van der Waals surface area contributed by atoms with Crippen molar-refractivity contribution in [3.63, 3.8) is 0 Å². The molecule has 0 radical (unpaired) electrons. The van der Waals surface area contributed by atoms with Crippen LogP contribution in [0.3, 0.4) is 0 Å². The molecule has 1 amide bonds. The molecule has 0 spiro atoms. The summed E-state index contributed by atoms with van der Waals surface area (Å²) in [4.78, 5) is 23.4. The molecular formula is C16H29Cl2N5O. The molecule has 0 aromatic carbocycles. The van der Waals surface area contributed by atoms with E-state index in [1.54, 1.807) is 12.4 Å². The van der Waals surface area contributed by atoms with Gasteiger partial charge in [0.15, 0.2) is 0 Å². The first kappa shape index (κ1) is 22.9. The average molecular weight is 378 g/mol. The van der Waals surface area contributed by atoms with E-state index in [1.807, 2.05) is 19.9 Å². The van der Waals surface area contributed by atoms with Crippen LogP contribution in [0.5, 0.6) is 0 Å². The van der Waals surface area contributed by atoms with Crippen molar-refractivity contribution in [1.82, 2.24) is 15.3 Å². The Morgan fingerprint density at radius 1 is 1.33 bits per heavy atom. The Labute approximate surface area is 156 Å². The molecule has 0 bridgehead atoms. The third-order valence-corrected chi connectivity index (χ3v) is 4.82. The highest BCUT2D eigenvalue weighted by Crippen LogP contribution is 2.26. The van der Waals surface area contributed by atoms with Gasteiger partial charge in [0, 0.05) is 38.1 Å². The second-order valence-corrected chi connectivity index (χ2v) is 6.00. The lowest BCUT2D eigenvalue weighted by Crippen LogP contribution is -2.53. The van der Waals surface area contributed by atoms with E-state index < -0.39 is 5.41 Å². The van der Waals surface area contributed by atoms with Gasteiger partial charge in [-0.15, -0.1) is 24.8 Å². The molecule has 1 aliphatic heterocycles. The predicted molar refractivity (Wildman–Crippen MR) is 102 cm³/mol. The van der Waals surface area contributed by atoms with Gasteiger partial charge in [-0.25, -0.2) is 9.97 Å². The van der Waals surface area contributed by atoms with Crippen LogP contribution >= 0.6 is 24.8 Å². The first-order valence-electron chi connectivity index (χ1n) is 8.18. The number of aromatic nitrogens is 2. The second-order valence-electron chi connectivity index (χ2n) is 6.00. The molecule has 0 aliphatic carbocycles. The summed E-state index contributed by atoms with van der Waals surface area (Å²) in [5.74, 6) is 0.818. The van der Waals surface area contributed by atoms with Gasteiger partial charge >= 0.3 is 0 Å². The molecule has 1 saturated heterocycles. The van der Waals surface area contributed by atoms with Gasteiger partial charge in [0.2, 0.25) is 11.9 Å². The summed E-state index contributed by atoms with van der Waals surface area (Å²) in [5.41, 5.74) is 5.42. The molecular weight excluding hydrogens is 349 g/mol. The Morgan fingerprint density at radius 3 is 2.50 bits per heavy atom. The number of nitrogens with zero attached hydrogens (tertiary/aromatic N) is 3. The van der Waals surface area contributed by atoms with E-state index in [0.717, 1.165) is 44.7 Å². The lowest BCUT2D eigenvalue weighted by atomic mass is 9.81. The average Bonchev–Trinajstić information content (AvgIpc) is 2.58. The highest BCUT2D eigenvalue weighted by atomic mass is 35.5. The van der Waals surface area contributed by atoms with Crippen LogP contribution in [0.1, 0.15) is 39.5 Å². The molecule has 8 heteroatoms. The van der Waals surface area contributed by atoms with E-state index in [2.05, 4.69) is 20.2 Å². The van der Waals surface area contributed by atoms with Gasteiger partial charge in [-0.3, -0.25) is 4.79 Å². The lowest BCUT2D eigenvalue weighted by Gasteiger charge is -2.36. The number of hydrogen-bond acceptors (Lipinski definition) is 5. The molecule has 0 saturated carbocycles. The van der Waals surface area contributed by atoms with Gasteiger partial charge in [-0.2, -0.15) is 0 Å². The fourth-order valence-electron chi connectivity index (χ4n) is 3.02. The highest BCUT2D eigenvalue weighted by Gasteiger charge is 2.35. The molecule has 1 atom stereocenters. The summed E-state index contributed by atoms with van der Waals surface area (Å²) in [7, 11) is 0. The first-order valence-corrected chi connectivity index (χ1v) is 8.18. The minimum absolute atomic E-state index is 0. The van der Waals surface area contributed by atoms with Gasteiger partial charge in [-0.05, 0) is 31.7 Å². The molecule has 3 N–H and O–H groups in total. The topological polar surface area (TPSA) is 84.1 Å². The third-order valence-electron chi connectivity index (χ3n) is 4.82. The maximum absolute atomic E-state index is 12.6. The molecule has 1 aliphatic rings. The fourth-order valence-corrected chi connectivity index (χ4v) is 3.02. The number of rotatable bonds is 6. The van der Waals surface area contributed by atoms with Gasteiger partial charge < -0.3 is 16.0 Å². The number of nitrogens with two attached hydrogens (primary N) is 1. The van der Waals surface area contributed by atoms with Crippen molar-refractivity contribution in [3.05, 3.63) is 18.5 Å². The van der Waals surface area contributed by atoms with E-state index in [0.29, 0.717) is 6.54 Å². The normalized spacial score (nSPS) is 17.5. The van der Waals surface area contributed by atoms with Crippen molar-refractivity contribution in [1.29, 1.82) is 0 Å². The first-order chi connectivity index (χ1) is 10.6. The Morgan fingerprint density at radius 2 is 1.96 bits per heavy atom. The van der Waals surface area contributed by atoms with Gasteiger partial charge in [0.1, 0.15) is 0 Å². The number of carbonyl (C=O) groups excluding carboxylic acids is 1. The summed E-state index contributed by atoms with van der Waals surface area (Å²) in [5, 5.41) is 3.20. The number of carbonyl (C=O) groups is 1. The van der Waals surface area contributed by atoms with Crippen LogP contribution in [0.4, 0.5) is 5.95 Å². The van der Waals surface area contributed by atoms with Crippen molar-refractivity contribution in [2.75, 3.05) is 24.5 Å². The molecule has 2 rings (SSSR count). The van der Waals surface area contributed by atoms with Crippen molar-refractivity contribution in [2.24, 2.45) is 11.1 Å². The number of hydrogen-bond donors (Lipinski definition) is 2. The van der Waals surface area contributed by atoms with Gasteiger partial charge in [0.05, 0.1) is 5.41 Å². The minimum atomic E-state index is -0.439. The van der Waals surface area contributed by atoms with Gasteiger partial charge in [-0.1, -0.05) is 13.8 Å². The summed E-state index contributed by atoms with van der Waals surface area (Å²) in [6.45, 7) is 6.13. The van der Waals surface area contributed by atoms with E-state index in [1.165, 1.54) is 0 Å². The van der Waals surface area contributed by atoms with Crippen molar-refractivity contribution in [3.8, 4) is 0 Å². The Kier molecular flexibility index (Phi) is 10.2. The van der Waals surface area contributed by atoms with E-state index in [9.17, 15) is 4.79 Å². The van der Waals surface area contributed by atoms with Crippen LogP contribution in [0, 0.1) is 5.41 Å². The number of anilines is 1. The van der Waals surface area contributed by atoms with E-state index >= 15 is 0 Å². The Balaban J connectivity index is 0.00000264. The number of nitrogens with one attached hydrogen (secondary N) is 1. The summed E-state index contributed by atoms with van der Waals surface area (Å²) in [6, 6.07) is 1.94. The van der Waals surface area contributed by atoms with Crippen LogP contribution in [0.15, 0.2) is 18.5 Å². The minimum Gasteiger partial charge on any atom is -0.351 e. The van der Waals surface area contributed by atoms with Crippen molar-refractivity contribution < 1.29 is 4.79 Å². The SMILES string of the molecule is CCC(CC)(CN)C(=O)NC1CCCN(c2ncccn2)C1.Cl.Cl. The van der Waals surface area contributed by atoms with Crippen LogP contribution in [-0.2, 0) is 4.79 Å². The van der Waals surface area contributed by atoms with E-state index in [4.69, 9.17) is 5.73 Å². The smallest absolute Gasteiger partial charge is 0.227 e. The molecule has 138 valence electrons. The standard InChI is InChI=1S/C16H27N5O.2ClH/c1-3-16(4-2,12-17)14(22)20-13-7-5-10-21(11-13)15-18-8-6-9-19-15;;/h6,8-9,13H,3-5,7,10-12,17H2,1-2H3,(H,20,22);2*1H. The number of amides is 1. The highest BCUT2D eigenvalue weighted by molar-refractivity contribution is 5.85. The largest absolute Gasteiger partial charge is 0.351 e. The quantitative estimate of drug-likeness (QED) is 0.793. The monoisotopic (exact) mass is 377 g/mol. The summed E-state index contributed by atoms with van der Waals surface area (Å²) >= 11 is 0. The molecule has 1 fully saturated rings. The second kappa shape index (κ2) is 10.7. The third kappa shape index (κ3) is 5.19. The molecule has 24 heavy (non-hydrogen) atoms. The Hall–Kier alpha value is -1.11. The zero-order chi connectivity index (χ0) is 16.0. The summed E-state index contributed by atoms with van der Waals surface area (Å²) < 4.78 is 0. The van der Waals surface area contributed by atoms with Gasteiger partial charge in [0.25, 0.3) is 0 Å². The predicted octanol–water partition coefficient (Wildman–Crippen LogP) is 2.17. The fraction of sp³-hybridized carbons (Fsp3) is 0.688.